The molecular formula is C20H24F3N3O4S2. The van der Waals surface area contributed by atoms with Crippen LogP contribution in [-0.2, 0) is 20.9 Å². The number of alkyl halides is 3. The molecule has 0 amide bonds. The summed E-state index contributed by atoms with van der Waals surface area (Å²) in [7, 11) is -3.72. The fourth-order valence-electron chi connectivity index (χ4n) is 3.94. The van der Waals surface area contributed by atoms with Crippen molar-refractivity contribution in [3.63, 3.8) is 0 Å². The topological polar surface area (TPSA) is 82.1 Å². The molecule has 0 unspecified atom stereocenters. The molecule has 0 bridgehead atoms. The van der Waals surface area contributed by atoms with Gasteiger partial charge in [0.2, 0.25) is 10.0 Å². The Kier molecular flexibility index (Phi) is 6.80. The zero-order chi connectivity index (χ0) is 22.9. The van der Waals surface area contributed by atoms with Crippen LogP contribution < -0.4 is 9.62 Å². The summed E-state index contributed by atoms with van der Waals surface area (Å²) in [5, 5.41) is 13.8. The van der Waals surface area contributed by atoms with Gasteiger partial charge in [0.1, 0.15) is 0 Å². The van der Waals surface area contributed by atoms with Crippen molar-refractivity contribution >= 4 is 27.0 Å². The summed E-state index contributed by atoms with van der Waals surface area (Å²) in [6.45, 7) is 2.74. The van der Waals surface area contributed by atoms with Crippen LogP contribution >= 0.6 is 11.3 Å². The molecule has 0 spiro atoms. The normalized spacial score (nSPS) is 25.4. The summed E-state index contributed by atoms with van der Waals surface area (Å²) in [6.07, 6.45) is -5.93. The Hall–Kier alpha value is -1.70. The second kappa shape index (κ2) is 9.27. The van der Waals surface area contributed by atoms with Gasteiger partial charge in [0.15, 0.2) is 0 Å². The van der Waals surface area contributed by atoms with Gasteiger partial charge >= 0.3 is 6.18 Å². The molecule has 3 atom stereocenters. The van der Waals surface area contributed by atoms with Gasteiger partial charge in [-0.2, -0.15) is 24.5 Å². The molecule has 7 nitrogen and oxygen atoms in total. The molecule has 32 heavy (non-hydrogen) atoms. The van der Waals surface area contributed by atoms with Gasteiger partial charge in [0.25, 0.3) is 0 Å². The Morgan fingerprint density at radius 2 is 1.94 bits per heavy atom. The van der Waals surface area contributed by atoms with Gasteiger partial charge in [-0.1, -0.05) is 6.07 Å². The Bertz CT molecular complexity index is 1010. The molecule has 0 radical (unpaired) electrons. The molecule has 176 valence electrons. The number of sulfonamides is 1. The number of ether oxygens (including phenoxy) is 1. The molecule has 2 saturated heterocycles. The number of hydrogen-bond donors (Lipinski definition) is 2. The lowest BCUT2D eigenvalue weighted by molar-refractivity contribution is -0.137. The Morgan fingerprint density at radius 3 is 2.59 bits per heavy atom. The summed E-state index contributed by atoms with van der Waals surface area (Å²) >= 11 is 1.27. The minimum absolute atomic E-state index is 0.0688. The molecule has 12 heteroatoms. The fraction of sp³-hybridized carbons (Fsp3) is 0.500. The van der Waals surface area contributed by atoms with E-state index in [1.807, 2.05) is 4.90 Å². The van der Waals surface area contributed by atoms with E-state index in [-0.39, 0.29) is 11.5 Å². The highest BCUT2D eigenvalue weighted by molar-refractivity contribution is 7.89. The van der Waals surface area contributed by atoms with E-state index in [1.165, 1.54) is 28.8 Å². The number of thiophene rings is 1. The number of anilines is 1. The SMILES string of the molecule is O=S(=O)(N[C@H]1CO[C@@H](CN2CCN(c3cccc(C(F)(F)F)c3)CC2)[C@@H]1O)c1ccsc1. The number of hydrogen-bond acceptors (Lipinski definition) is 7. The van der Waals surface area contributed by atoms with E-state index in [0.717, 1.165) is 12.1 Å². The molecule has 2 aliphatic rings. The maximum atomic E-state index is 13.0. The van der Waals surface area contributed by atoms with E-state index in [4.69, 9.17) is 4.74 Å². The number of benzene rings is 1. The lowest BCUT2D eigenvalue weighted by atomic mass is 10.1. The molecule has 0 aliphatic carbocycles. The van der Waals surface area contributed by atoms with Gasteiger partial charge in [-0.15, -0.1) is 0 Å². The van der Waals surface area contributed by atoms with E-state index >= 15 is 0 Å². The molecule has 1 aromatic carbocycles. The smallest absolute Gasteiger partial charge is 0.389 e. The van der Waals surface area contributed by atoms with Crippen molar-refractivity contribution in [1.82, 2.24) is 9.62 Å². The number of rotatable bonds is 6. The lowest BCUT2D eigenvalue weighted by Gasteiger charge is -2.37. The highest BCUT2D eigenvalue weighted by Crippen LogP contribution is 2.32. The third kappa shape index (κ3) is 5.26. The first-order chi connectivity index (χ1) is 15.1. The monoisotopic (exact) mass is 491 g/mol. The number of nitrogens with one attached hydrogen (secondary N) is 1. The molecule has 3 heterocycles. The molecule has 2 aliphatic heterocycles. The van der Waals surface area contributed by atoms with Crippen molar-refractivity contribution in [2.45, 2.75) is 29.3 Å². The Balaban J connectivity index is 1.29. The van der Waals surface area contributed by atoms with Gasteiger partial charge < -0.3 is 14.7 Å². The van der Waals surface area contributed by atoms with Crippen LogP contribution in [0.25, 0.3) is 0 Å². The third-order valence-electron chi connectivity index (χ3n) is 5.74. The standard InChI is InChI=1S/C20H24F3N3O4S2/c21-20(22,23)14-2-1-3-15(10-14)26-7-5-25(6-8-26)11-18-19(27)17(12-30-18)24-32(28,29)16-4-9-31-13-16/h1-4,9-10,13,17-19,24,27H,5-8,11-12H2/t17-,18-,19+/m0/s1. The number of aliphatic hydroxyl groups is 1. The molecule has 2 aromatic rings. The minimum atomic E-state index is -4.38. The molecule has 0 saturated carbocycles. The van der Waals surface area contributed by atoms with Crippen molar-refractivity contribution in [3.05, 3.63) is 46.7 Å². The molecule has 2 fully saturated rings. The minimum Gasteiger partial charge on any atom is -0.389 e. The molecule has 1 aromatic heterocycles. The van der Waals surface area contributed by atoms with Gasteiger partial charge in [-0.05, 0) is 29.6 Å². The first-order valence-electron chi connectivity index (χ1n) is 10.1. The molecule has 4 rings (SSSR count). The van der Waals surface area contributed by atoms with Crippen molar-refractivity contribution in [1.29, 1.82) is 0 Å². The highest BCUT2D eigenvalue weighted by Gasteiger charge is 2.39. The molecule has 2 N–H and O–H groups in total. The largest absolute Gasteiger partial charge is 0.416 e. The van der Waals surface area contributed by atoms with E-state index < -0.39 is 40.0 Å². The zero-order valence-electron chi connectivity index (χ0n) is 17.0. The van der Waals surface area contributed by atoms with Crippen LogP contribution in [0.4, 0.5) is 18.9 Å². The summed E-state index contributed by atoms with van der Waals surface area (Å²) in [5.41, 5.74) is -0.143. The summed E-state index contributed by atoms with van der Waals surface area (Å²) < 4.78 is 71.8. The fourth-order valence-corrected chi connectivity index (χ4v) is 6.21. The van der Waals surface area contributed by atoms with Crippen LogP contribution in [-0.4, -0.2) is 76.0 Å². The summed E-state index contributed by atoms with van der Waals surface area (Å²) in [4.78, 5) is 4.12. The van der Waals surface area contributed by atoms with Crippen LogP contribution in [0.5, 0.6) is 0 Å². The van der Waals surface area contributed by atoms with Gasteiger partial charge in [-0.25, -0.2) is 13.1 Å². The average molecular weight is 492 g/mol. The van der Waals surface area contributed by atoms with Crippen molar-refractivity contribution in [3.8, 4) is 0 Å². The van der Waals surface area contributed by atoms with Gasteiger partial charge in [-0.3, -0.25) is 4.90 Å². The number of halogens is 3. The average Bonchev–Trinajstić information content (AvgIpc) is 3.41. The van der Waals surface area contributed by atoms with E-state index in [2.05, 4.69) is 9.62 Å². The van der Waals surface area contributed by atoms with Crippen LogP contribution in [0, 0.1) is 0 Å². The maximum absolute atomic E-state index is 13.0. The first kappa shape index (κ1) is 23.5. The van der Waals surface area contributed by atoms with E-state index in [1.54, 1.807) is 11.4 Å². The van der Waals surface area contributed by atoms with Crippen LogP contribution in [0.15, 0.2) is 46.0 Å². The number of nitrogens with zero attached hydrogens (tertiary/aromatic N) is 2. The van der Waals surface area contributed by atoms with E-state index in [0.29, 0.717) is 38.4 Å². The van der Waals surface area contributed by atoms with Crippen LogP contribution in [0.1, 0.15) is 5.56 Å². The van der Waals surface area contributed by atoms with Crippen molar-refractivity contribution < 1.29 is 31.4 Å². The zero-order valence-corrected chi connectivity index (χ0v) is 18.7. The number of piperazine rings is 1. The van der Waals surface area contributed by atoms with Crippen molar-refractivity contribution in [2.75, 3.05) is 44.2 Å². The summed E-state index contributed by atoms with van der Waals surface area (Å²) in [6, 6.07) is 6.04. The van der Waals surface area contributed by atoms with Crippen molar-refractivity contribution in [2.24, 2.45) is 0 Å². The van der Waals surface area contributed by atoms with E-state index in [9.17, 15) is 26.7 Å². The Morgan fingerprint density at radius 1 is 1.19 bits per heavy atom. The third-order valence-corrected chi connectivity index (χ3v) is 8.06. The predicted octanol–water partition coefficient (Wildman–Crippen LogP) is 2.00. The van der Waals surface area contributed by atoms with Gasteiger partial charge in [0.05, 0.1) is 35.3 Å². The second-order valence-electron chi connectivity index (χ2n) is 7.88. The predicted molar refractivity (Wildman–Crippen MR) is 114 cm³/mol. The highest BCUT2D eigenvalue weighted by atomic mass is 32.2. The quantitative estimate of drug-likeness (QED) is 0.644. The number of aliphatic hydroxyl groups excluding tert-OH is 1. The van der Waals surface area contributed by atoms with Crippen LogP contribution in [0.2, 0.25) is 0 Å². The second-order valence-corrected chi connectivity index (χ2v) is 10.4. The van der Waals surface area contributed by atoms with Gasteiger partial charge in [0, 0.05) is 43.8 Å². The summed E-state index contributed by atoms with van der Waals surface area (Å²) in [5.74, 6) is 0. The lowest BCUT2D eigenvalue weighted by Crippen LogP contribution is -2.51. The Labute approximate surface area is 188 Å². The first-order valence-corrected chi connectivity index (χ1v) is 12.5. The maximum Gasteiger partial charge on any atom is 0.416 e. The molecular weight excluding hydrogens is 467 g/mol. The van der Waals surface area contributed by atoms with Crippen LogP contribution in [0.3, 0.4) is 0 Å².